The number of hydrogen-bond donors (Lipinski definition) is 2. The number of aromatic nitrogens is 2. The molecule has 0 spiro atoms. The van der Waals surface area contributed by atoms with Gasteiger partial charge in [0.15, 0.2) is 0 Å². The minimum atomic E-state index is -0.0300. The number of amides is 1. The number of carbonyl (C=O) groups is 1. The maximum absolute atomic E-state index is 11.9. The summed E-state index contributed by atoms with van der Waals surface area (Å²) in [6.45, 7) is 5.09. The van der Waals surface area contributed by atoms with E-state index in [1.807, 2.05) is 19.9 Å². The lowest BCUT2D eigenvalue weighted by Gasteiger charge is -2.06. The quantitative estimate of drug-likeness (QED) is 0.820. The van der Waals surface area contributed by atoms with E-state index in [0.29, 0.717) is 19.0 Å². The van der Waals surface area contributed by atoms with E-state index in [9.17, 15) is 4.79 Å². The van der Waals surface area contributed by atoms with Crippen molar-refractivity contribution in [3.8, 4) is 0 Å². The topological polar surface area (TPSA) is 66.9 Å². The van der Waals surface area contributed by atoms with Crippen LogP contribution in [0.3, 0.4) is 0 Å². The van der Waals surface area contributed by atoms with Crippen LogP contribution in [0.2, 0.25) is 0 Å². The Kier molecular flexibility index (Phi) is 4.46. The van der Waals surface area contributed by atoms with Crippen LogP contribution in [-0.4, -0.2) is 29.0 Å². The molecule has 0 radical (unpaired) electrons. The predicted octanol–water partition coefficient (Wildman–Crippen LogP) is 2.00. The van der Waals surface area contributed by atoms with Gasteiger partial charge in [-0.25, -0.2) is 9.97 Å². The zero-order valence-corrected chi connectivity index (χ0v) is 11.8. The average molecular weight is 276 g/mol. The Hall–Kier alpha value is -1.95. The van der Waals surface area contributed by atoms with Gasteiger partial charge < -0.3 is 10.6 Å². The lowest BCUT2D eigenvalue weighted by Crippen LogP contribution is -2.29. The number of hydrogen-bond acceptors (Lipinski definition) is 5. The molecule has 6 heteroatoms. The van der Waals surface area contributed by atoms with Crippen LogP contribution in [0.4, 0.5) is 5.95 Å². The fraction of sp³-hybridized carbons (Fsp3) is 0.308. The highest BCUT2D eigenvalue weighted by molar-refractivity contribution is 7.12. The molecule has 0 aliphatic carbocycles. The maximum Gasteiger partial charge on any atom is 0.252 e. The van der Waals surface area contributed by atoms with Crippen molar-refractivity contribution in [1.82, 2.24) is 15.3 Å². The first kappa shape index (κ1) is 13.5. The summed E-state index contributed by atoms with van der Waals surface area (Å²) in [6.07, 6.45) is 3.34. The van der Waals surface area contributed by atoms with E-state index in [2.05, 4.69) is 20.6 Å². The van der Waals surface area contributed by atoms with Gasteiger partial charge in [-0.1, -0.05) is 0 Å². The third-order valence-corrected chi connectivity index (χ3v) is 3.51. The highest BCUT2D eigenvalue weighted by atomic mass is 32.1. The molecule has 2 aromatic rings. The first-order chi connectivity index (χ1) is 9.16. The SMILES string of the molecule is Cc1cc(C(=O)NCCNc2ncccn2)c(C)s1. The third-order valence-electron chi connectivity index (χ3n) is 2.55. The maximum atomic E-state index is 11.9. The standard InChI is InChI=1S/C13H16N4OS/c1-9-8-11(10(2)19-9)12(18)14-6-7-17-13-15-4-3-5-16-13/h3-5,8H,6-7H2,1-2H3,(H,14,18)(H,15,16,17). The molecule has 0 aliphatic heterocycles. The lowest BCUT2D eigenvalue weighted by molar-refractivity contribution is 0.0955. The zero-order valence-electron chi connectivity index (χ0n) is 10.9. The molecular formula is C13H16N4OS. The lowest BCUT2D eigenvalue weighted by atomic mass is 10.2. The minimum absolute atomic E-state index is 0.0300. The molecule has 5 nitrogen and oxygen atoms in total. The molecule has 0 bridgehead atoms. The van der Waals surface area contributed by atoms with Gasteiger partial charge in [0.05, 0.1) is 5.56 Å². The second-order valence-electron chi connectivity index (χ2n) is 4.08. The second-order valence-corrected chi connectivity index (χ2v) is 5.54. The van der Waals surface area contributed by atoms with Crippen molar-refractivity contribution >= 4 is 23.2 Å². The molecular weight excluding hydrogens is 260 g/mol. The first-order valence-corrected chi connectivity index (χ1v) is 6.84. The zero-order chi connectivity index (χ0) is 13.7. The third kappa shape index (κ3) is 3.75. The molecule has 2 N–H and O–H groups in total. The van der Waals surface area contributed by atoms with Crippen LogP contribution in [0.15, 0.2) is 24.5 Å². The molecule has 100 valence electrons. The van der Waals surface area contributed by atoms with E-state index in [0.717, 1.165) is 15.3 Å². The van der Waals surface area contributed by atoms with Crippen LogP contribution in [0.25, 0.3) is 0 Å². The van der Waals surface area contributed by atoms with Gasteiger partial charge >= 0.3 is 0 Å². The van der Waals surface area contributed by atoms with Crippen molar-refractivity contribution in [2.45, 2.75) is 13.8 Å². The second kappa shape index (κ2) is 6.29. The molecule has 0 aliphatic rings. The molecule has 19 heavy (non-hydrogen) atoms. The molecule has 0 fully saturated rings. The summed E-state index contributed by atoms with van der Waals surface area (Å²) in [6, 6.07) is 3.68. The molecule has 2 aromatic heterocycles. The molecule has 1 amide bonds. The Morgan fingerprint density at radius 1 is 1.26 bits per heavy atom. The monoisotopic (exact) mass is 276 g/mol. The number of nitrogens with one attached hydrogen (secondary N) is 2. The number of anilines is 1. The van der Waals surface area contributed by atoms with Gasteiger partial charge in [0.2, 0.25) is 5.95 Å². The van der Waals surface area contributed by atoms with Gasteiger partial charge in [0.1, 0.15) is 0 Å². The largest absolute Gasteiger partial charge is 0.352 e. The Labute approximate surface area is 116 Å². The molecule has 0 atom stereocenters. The molecule has 0 saturated heterocycles. The average Bonchev–Trinajstić information content (AvgIpc) is 2.75. The van der Waals surface area contributed by atoms with Crippen molar-refractivity contribution in [3.05, 3.63) is 39.8 Å². The van der Waals surface area contributed by atoms with Crippen molar-refractivity contribution in [2.24, 2.45) is 0 Å². The van der Waals surface area contributed by atoms with Crippen molar-refractivity contribution in [1.29, 1.82) is 0 Å². The summed E-state index contributed by atoms with van der Waals surface area (Å²) >= 11 is 1.64. The van der Waals surface area contributed by atoms with Gasteiger partial charge in [-0.3, -0.25) is 4.79 Å². The normalized spacial score (nSPS) is 10.2. The van der Waals surface area contributed by atoms with Gasteiger partial charge in [0.25, 0.3) is 5.91 Å². The number of nitrogens with zero attached hydrogens (tertiary/aromatic N) is 2. The fourth-order valence-corrected chi connectivity index (χ4v) is 2.61. The number of thiophene rings is 1. The van der Waals surface area contributed by atoms with E-state index < -0.39 is 0 Å². The predicted molar refractivity (Wildman–Crippen MR) is 76.6 cm³/mol. The number of aryl methyl sites for hydroxylation is 2. The number of carbonyl (C=O) groups excluding carboxylic acids is 1. The smallest absolute Gasteiger partial charge is 0.252 e. The minimum Gasteiger partial charge on any atom is -0.352 e. The fourth-order valence-electron chi connectivity index (χ4n) is 1.69. The Morgan fingerprint density at radius 2 is 2.00 bits per heavy atom. The molecule has 0 aromatic carbocycles. The molecule has 2 rings (SSSR count). The van der Waals surface area contributed by atoms with Crippen LogP contribution in [0, 0.1) is 13.8 Å². The summed E-state index contributed by atoms with van der Waals surface area (Å²) in [5.41, 5.74) is 0.762. The molecule has 0 unspecified atom stereocenters. The van der Waals surface area contributed by atoms with Gasteiger partial charge in [-0.2, -0.15) is 0 Å². The summed E-state index contributed by atoms with van der Waals surface area (Å²) in [5.74, 6) is 0.539. The molecule has 0 saturated carbocycles. The van der Waals surface area contributed by atoms with Crippen molar-refractivity contribution in [3.63, 3.8) is 0 Å². The van der Waals surface area contributed by atoms with E-state index in [1.165, 1.54) is 0 Å². The number of rotatable bonds is 5. The van der Waals surface area contributed by atoms with Gasteiger partial charge in [-0.15, -0.1) is 11.3 Å². The summed E-state index contributed by atoms with van der Waals surface area (Å²) in [5, 5.41) is 5.91. The summed E-state index contributed by atoms with van der Waals surface area (Å²) in [4.78, 5) is 22.2. The van der Waals surface area contributed by atoms with Gasteiger partial charge in [-0.05, 0) is 26.0 Å². The Morgan fingerprint density at radius 3 is 2.63 bits per heavy atom. The van der Waals surface area contributed by atoms with Crippen LogP contribution < -0.4 is 10.6 Å². The van der Waals surface area contributed by atoms with Crippen molar-refractivity contribution < 1.29 is 4.79 Å². The summed E-state index contributed by atoms with van der Waals surface area (Å²) in [7, 11) is 0. The van der Waals surface area contributed by atoms with Crippen LogP contribution in [-0.2, 0) is 0 Å². The van der Waals surface area contributed by atoms with Crippen LogP contribution in [0.5, 0.6) is 0 Å². The van der Waals surface area contributed by atoms with Crippen molar-refractivity contribution in [2.75, 3.05) is 18.4 Å². The van der Waals surface area contributed by atoms with E-state index in [-0.39, 0.29) is 5.91 Å². The Balaban J connectivity index is 1.77. The molecule has 2 heterocycles. The van der Waals surface area contributed by atoms with Gasteiger partial charge in [0, 0.05) is 35.2 Å². The van der Waals surface area contributed by atoms with Crippen LogP contribution in [0.1, 0.15) is 20.1 Å². The summed E-state index contributed by atoms with van der Waals surface area (Å²) < 4.78 is 0. The first-order valence-electron chi connectivity index (χ1n) is 6.03. The Bertz CT molecular complexity index is 553. The van der Waals surface area contributed by atoms with E-state index >= 15 is 0 Å². The van der Waals surface area contributed by atoms with E-state index in [1.54, 1.807) is 29.8 Å². The van der Waals surface area contributed by atoms with E-state index in [4.69, 9.17) is 0 Å². The van der Waals surface area contributed by atoms with Crippen LogP contribution >= 0.6 is 11.3 Å². The highest BCUT2D eigenvalue weighted by Crippen LogP contribution is 2.20. The highest BCUT2D eigenvalue weighted by Gasteiger charge is 2.10.